The van der Waals surface area contributed by atoms with Crippen molar-refractivity contribution in [2.45, 2.75) is 31.8 Å². The molecule has 2 rings (SSSR count). The van der Waals surface area contributed by atoms with Crippen LogP contribution in [-0.2, 0) is 0 Å². The van der Waals surface area contributed by atoms with Gasteiger partial charge < -0.3 is 17.8 Å². The van der Waals surface area contributed by atoms with Crippen LogP contribution in [-0.4, -0.2) is 54.9 Å². The van der Waals surface area contributed by atoms with E-state index >= 15 is 0 Å². The molecule has 0 saturated carbocycles. The first-order valence-corrected chi connectivity index (χ1v) is 5.65. The van der Waals surface area contributed by atoms with Crippen LogP contribution in [0.15, 0.2) is 0 Å². The van der Waals surface area contributed by atoms with Crippen LogP contribution in [0.4, 0.5) is 12.9 Å². The number of hydrogen-bond donors (Lipinski definition) is 0. The number of hydrogen-bond acceptors (Lipinski definition) is 2. The molecule has 2 aliphatic heterocycles. The first kappa shape index (κ1) is 15.5. The monoisotopic (exact) mass is 260 g/mol. The predicted molar refractivity (Wildman–Crippen MR) is 54.7 cm³/mol. The summed E-state index contributed by atoms with van der Waals surface area (Å²) in [6.45, 7) is -0.303. The smallest absolute Gasteiger partial charge is 0.448 e. The van der Waals surface area contributed by atoms with Crippen molar-refractivity contribution in [3.05, 3.63) is 0 Å². The Hall–Kier alpha value is 1.41. The maximum absolute atomic E-state index is 12.4. The minimum Gasteiger partial charge on any atom is -0.448 e. The summed E-state index contributed by atoms with van der Waals surface area (Å²) in [6, 6.07) is 0.419. The molecule has 2 atom stereocenters. The van der Waals surface area contributed by atoms with Crippen LogP contribution in [0, 0.1) is 0 Å². The zero-order chi connectivity index (χ0) is 11.1. The molecule has 0 spiro atoms. The first-order valence-electron chi connectivity index (χ1n) is 5.65. The first-order chi connectivity index (χ1) is 6.96. The van der Waals surface area contributed by atoms with Crippen molar-refractivity contribution in [3.8, 4) is 0 Å². The zero-order valence-electron chi connectivity index (χ0n) is 10.0. The van der Waals surface area contributed by atoms with Gasteiger partial charge >= 0.3 is 58.4 Å². The summed E-state index contributed by atoms with van der Waals surface area (Å²) >= 11 is 0. The van der Waals surface area contributed by atoms with Gasteiger partial charge in [0.05, 0.1) is 0 Å². The summed E-state index contributed by atoms with van der Waals surface area (Å²) in [7, 11) is 0. The fraction of sp³-hybridized carbons (Fsp3) is 1.00. The molecular formula is C9H17BF3KN2. The molecule has 0 aromatic rings. The molecule has 0 bridgehead atoms. The minimum absolute atomic E-state index is 0. The molecule has 7 heteroatoms. The second-order valence-electron chi connectivity index (χ2n) is 4.80. The Bertz CT molecular complexity index is 239. The minimum atomic E-state index is -4.67. The van der Waals surface area contributed by atoms with Gasteiger partial charge in [-0.3, -0.25) is 4.90 Å². The molecule has 0 aromatic carbocycles. The molecule has 16 heavy (non-hydrogen) atoms. The van der Waals surface area contributed by atoms with Gasteiger partial charge in [0.25, 0.3) is 0 Å². The van der Waals surface area contributed by atoms with Crippen LogP contribution in [0.1, 0.15) is 19.8 Å². The van der Waals surface area contributed by atoms with Crippen LogP contribution in [0.3, 0.4) is 0 Å². The van der Waals surface area contributed by atoms with Crippen molar-refractivity contribution < 1.29 is 64.3 Å². The molecule has 2 heterocycles. The molecule has 0 N–H and O–H groups in total. The van der Waals surface area contributed by atoms with Crippen molar-refractivity contribution >= 4 is 6.98 Å². The third-order valence-electron chi connectivity index (χ3n) is 3.51. The summed E-state index contributed by atoms with van der Waals surface area (Å²) < 4.78 is 37.1. The molecular weight excluding hydrogens is 243 g/mol. The van der Waals surface area contributed by atoms with E-state index in [0.29, 0.717) is 12.6 Å². The Morgan fingerprint density at radius 1 is 1.25 bits per heavy atom. The van der Waals surface area contributed by atoms with Gasteiger partial charge in [-0.05, 0) is 32.8 Å². The van der Waals surface area contributed by atoms with Crippen LogP contribution >= 0.6 is 0 Å². The van der Waals surface area contributed by atoms with Crippen molar-refractivity contribution in [1.82, 2.24) is 9.80 Å². The Labute approximate surface area is 137 Å². The van der Waals surface area contributed by atoms with Crippen molar-refractivity contribution in [2.24, 2.45) is 0 Å². The van der Waals surface area contributed by atoms with E-state index in [1.165, 1.54) is 0 Å². The Morgan fingerprint density at radius 3 is 2.56 bits per heavy atom. The van der Waals surface area contributed by atoms with Crippen LogP contribution < -0.4 is 51.4 Å². The zero-order valence-corrected chi connectivity index (χ0v) is 13.1. The fourth-order valence-electron chi connectivity index (χ4n) is 2.77. The Kier molecular flexibility index (Phi) is 5.84. The number of nitrogens with zero attached hydrogens (tertiary/aromatic N) is 2. The van der Waals surface area contributed by atoms with Crippen LogP contribution in [0.2, 0.25) is 0 Å². The van der Waals surface area contributed by atoms with Gasteiger partial charge in [0, 0.05) is 25.2 Å². The number of halogens is 3. The molecule has 0 radical (unpaired) electrons. The van der Waals surface area contributed by atoms with E-state index in [2.05, 4.69) is 4.90 Å². The van der Waals surface area contributed by atoms with Crippen molar-refractivity contribution in [3.63, 3.8) is 0 Å². The molecule has 0 aromatic heterocycles. The summed E-state index contributed by atoms with van der Waals surface area (Å²) in [4.78, 5) is 3.94. The third-order valence-corrected chi connectivity index (χ3v) is 3.51. The maximum Gasteiger partial charge on any atom is 1.00 e. The summed E-state index contributed by atoms with van der Waals surface area (Å²) in [5.41, 5.74) is 0. The Morgan fingerprint density at radius 2 is 1.94 bits per heavy atom. The molecule has 88 valence electrons. The molecule has 2 unspecified atom stereocenters. The Balaban J connectivity index is 0.00000128. The summed E-state index contributed by atoms with van der Waals surface area (Å²) in [6.07, 6.45) is 1.52. The van der Waals surface area contributed by atoms with E-state index in [1.54, 1.807) is 4.90 Å². The van der Waals surface area contributed by atoms with Gasteiger partial charge in [-0.1, -0.05) is 0 Å². The van der Waals surface area contributed by atoms with E-state index in [4.69, 9.17) is 0 Å². The quantitative estimate of drug-likeness (QED) is 0.560. The topological polar surface area (TPSA) is 6.48 Å². The van der Waals surface area contributed by atoms with Gasteiger partial charge in [0.2, 0.25) is 0 Å². The average molecular weight is 260 g/mol. The second kappa shape index (κ2) is 6.04. The predicted octanol–water partition coefficient (Wildman–Crippen LogP) is -1.45. The van der Waals surface area contributed by atoms with Gasteiger partial charge in [0.15, 0.2) is 0 Å². The third kappa shape index (κ3) is 3.97. The van der Waals surface area contributed by atoms with Gasteiger partial charge in [0.1, 0.15) is 0 Å². The second-order valence-corrected chi connectivity index (χ2v) is 4.80. The molecule has 2 fully saturated rings. The van der Waals surface area contributed by atoms with Gasteiger partial charge in [-0.15, -0.1) is 0 Å². The standard InChI is InChI=1S/C9H17BF3N2.K/c1-8-5-14-4-2-3-9(14)6-15(8)7-10(11,12)13;/h8-9H,2-7H2,1H3;/q-1;+1. The van der Waals surface area contributed by atoms with E-state index in [-0.39, 0.29) is 57.4 Å². The molecule has 2 nitrogen and oxygen atoms in total. The fourth-order valence-corrected chi connectivity index (χ4v) is 2.77. The van der Waals surface area contributed by atoms with Crippen molar-refractivity contribution in [2.75, 3.05) is 26.1 Å². The van der Waals surface area contributed by atoms with Crippen LogP contribution in [0.25, 0.3) is 0 Å². The molecule has 0 aliphatic carbocycles. The molecule has 2 saturated heterocycles. The maximum atomic E-state index is 12.4. The molecule has 2 aliphatic rings. The number of fused-ring (bicyclic) bond motifs is 1. The van der Waals surface area contributed by atoms with E-state index in [9.17, 15) is 12.9 Å². The van der Waals surface area contributed by atoms with Gasteiger partial charge in [-0.2, -0.15) is 0 Å². The normalized spacial score (nSPS) is 32.2. The van der Waals surface area contributed by atoms with E-state index < -0.39 is 13.4 Å². The summed E-state index contributed by atoms with van der Waals surface area (Å²) in [5.74, 6) is 0. The van der Waals surface area contributed by atoms with E-state index in [0.717, 1.165) is 25.9 Å². The molecule has 0 amide bonds. The number of rotatable bonds is 2. The van der Waals surface area contributed by atoms with Crippen molar-refractivity contribution in [1.29, 1.82) is 0 Å². The van der Waals surface area contributed by atoms with Crippen LogP contribution in [0.5, 0.6) is 0 Å². The SMILES string of the molecule is CC1CN2CCCC2CN1C[B-](F)(F)F.[K+]. The number of piperazine rings is 1. The van der Waals surface area contributed by atoms with Gasteiger partial charge in [-0.25, -0.2) is 0 Å². The average Bonchev–Trinajstić information content (AvgIpc) is 2.49. The van der Waals surface area contributed by atoms with E-state index in [1.807, 2.05) is 6.92 Å². The largest absolute Gasteiger partial charge is 1.00 e. The summed E-state index contributed by atoms with van der Waals surface area (Å²) in [5, 5.41) is 0.